The van der Waals surface area contributed by atoms with E-state index in [1.165, 1.54) is 17.7 Å². The summed E-state index contributed by atoms with van der Waals surface area (Å²) >= 11 is 1.89. The fourth-order valence-corrected chi connectivity index (χ4v) is 3.36. The minimum atomic E-state index is 0.536. The van der Waals surface area contributed by atoms with Crippen LogP contribution in [0.5, 0.6) is 11.5 Å². The molecule has 0 aliphatic carbocycles. The van der Waals surface area contributed by atoms with E-state index in [0.717, 1.165) is 37.7 Å². The number of hydrogen-bond donors (Lipinski definition) is 1. The van der Waals surface area contributed by atoms with Crippen LogP contribution in [-0.2, 0) is 0 Å². The van der Waals surface area contributed by atoms with E-state index < -0.39 is 0 Å². The summed E-state index contributed by atoms with van der Waals surface area (Å²) in [7, 11) is 0. The Labute approximate surface area is 132 Å². The summed E-state index contributed by atoms with van der Waals surface area (Å²) in [6.07, 6.45) is 3.42. The second-order valence-electron chi connectivity index (χ2n) is 5.69. The van der Waals surface area contributed by atoms with Crippen molar-refractivity contribution in [2.75, 3.05) is 19.8 Å². The van der Waals surface area contributed by atoms with Crippen molar-refractivity contribution >= 4 is 11.8 Å². The Kier molecular flexibility index (Phi) is 6.71. The number of nitrogens with one attached hydrogen (secondary N) is 1. The molecule has 0 fully saturated rings. The van der Waals surface area contributed by atoms with E-state index in [1.807, 2.05) is 17.8 Å². The molecule has 0 saturated carbocycles. The third kappa shape index (κ3) is 5.44. The highest BCUT2D eigenvalue weighted by atomic mass is 32.2. The maximum Gasteiger partial charge on any atom is 0.162 e. The van der Waals surface area contributed by atoms with E-state index in [4.69, 9.17) is 9.47 Å². The molecular weight excluding hydrogens is 282 g/mol. The fraction of sp³-hybridized carbons (Fsp3) is 0.647. The van der Waals surface area contributed by atoms with Gasteiger partial charge in [0, 0.05) is 29.2 Å². The third-order valence-electron chi connectivity index (χ3n) is 3.53. The molecule has 1 aromatic carbocycles. The molecule has 0 saturated heterocycles. The molecule has 0 amide bonds. The second-order valence-corrected chi connectivity index (χ2v) is 7.20. The molecule has 1 aliphatic heterocycles. The third-order valence-corrected chi connectivity index (χ3v) is 4.63. The first-order valence-corrected chi connectivity index (χ1v) is 8.86. The van der Waals surface area contributed by atoms with Crippen molar-refractivity contribution in [3.05, 3.63) is 18.2 Å². The number of rotatable bonds is 7. The van der Waals surface area contributed by atoms with Crippen LogP contribution in [0, 0.1) is 0 Å². The predicted molar refractivity (Wildman–Crippen MR) is 89.7 cm³/mol. The van der Waals surface area contributed by atoms with Gasteiger partial charge in [-0.25, -0.2) is 0 Å². The van der Waals surface area contributed by atoms with Gasteiger partial charge in [0.2, 0.25) is 0 Å². The van der Waals surface area contributed by atoms with E-state index >= 15 is 0 Å². The van der Waals surface area contributed by atoms with Crippen LogP contribution >= 0.6 is 11.8 Å². The van der Waals surface area contributed by atoms with E-state index in [0.29, 0.717) is 11.3 Å². The molecule has 1 heterocycles. The predicted octanol–water partition coefficient (Wildman–Crippen LogP) is 4.11. The molecule has 118 valence electrons. The number of ether oxygens (including phenoxy) is 2. The summed E-state index contributed by atoms with van der Waals surface area (Å²) in [6.45, 7) is 9.27. The van der Waals surface area contributed by atoms with Gasteiger partial charge < -0.3 is 14.8 Å². The average molecular weight is 309 g/mol. The van der Waals surface area contributed by atoms with Crippen molar-refractivity contribution in [3.8, 4) is 11.5 Å². The van der Waals surface area contributed by atoms with Gasteiger partial charge in [-0.05, 0) is 31.5 Å². The lowest BCUT2D eigenvalue weighted by atomic mass is 10.2. The zero-order valence-electron chi connectivity index (χ0n) is 13.4. The van der Waals surface area contributed by atoms with Gasteiger partial charge in [-0.15, -0.1) is 11.8 Å². The van der Waals surface area contributed by atoms with Gasteiger partial charge in [0.25, 0.3) is 0 Å². The molecule has 2 unspecified atom stereocenters. The average Bonchev–Trinajstić information content (AvgIpc) is 2.70. The largest absolute Gasteiger partial charge is 0.490 e. The van der Waals surface area contributed by atoms with E-state index in [2.05, 4.69) is 38.2 Å². The lowest BCUT2D eigenvalue weighted by Crippen LogP contribution is -2.31. The van der Waals surface area contributed by atoms with Crippen molar-refractivity contribution in [2.45, 2.75) is 56.2 Å². The Morgan fingerprint density at radius 2 is 1.95 bits per heavy atom. The summed E-state index contributed by atoms with van der Waals surface area (Å²) in [5.41, 5.74) is 0. The van der Waals surface area contributed by atoms with Crippen LogP contribution in [0.2, 0.25) is 0 Å². The topological polar surface area (TPSA) is 30.5 Å². The molecule has 2 rings (SSSR count). The Morgan fingerprint density at radius 1 is 1.19 bits per heavy atom. The maximum atomic E-state index is 5.75. The van der Waals surface area contributed by atoms with E-state index in [-0.39, 0.29) is 0 Å². The number of hydrogen-bond acceptors (Lipinski definition) is 4. The van der Waals surface area contributed by atoms with Gasteiger partial charge in [0.05, 0.1) is 13.2 Å². The van der Waals surface area contributed by atoms with Crippen LogP contribution in [0.1, 0.15) is 40.0 Å². The Bertz CT molecular complexity index is 439. The molecule has 3 nitrogen and oxygen atoms in total. The normalized spacial score (nSPS) is 17.1. The van der Waals surface area contributed by atoms with Gasteiger partial charge in [-0.2, -0.15) is 0 Å². The molecule has 2 atom stereocenters. The Hall–Kier alpha value is -0.870. The molecule has 0 spiro atoms. The summed E-state index contributed by atoms with van der Waals surface area (Å²) in [6, 6.07) is 6.87. The standard InChI is InChI=1S/C17H27NO2S/c1-4-6-13(2)18-12-14(3)21-15-7-8-16-17(11-15)20-10-5-9-19-16/h7-8,11,13-14,18H,4-6,9-10,12H2,1-3H3. The smallest absolute Gasteiger partial charge is 0.162 e. The maximum absolute atomic E-state index is 5.75. The molecular formula is C17H27NO2S. The van der Waals surface area contributed by atoms with Gasteiger partial charge in [0.1, 0.15) is 0 Å². The highest BCUT2D eigenvalue weighted by molar-refractivity contribution is 8.00. The van der Waals surface area contributed by atoms with Gasteiger partial charge in [0.15, 0.2) is 11.5 Å². The highest BCUT2D eigenvalue weighted by Crippen LogP contribution is 2.35. The molecule has 0 radical (unpaired) electrons. The van der Waals surface area contributed by atoms with Crippen LogP contribution in [0.25, 0.3) is 0 Å². The first kappa shape index (κ1) is 16.5. The Balaban J connectivity index is 1.86. The molecule has 0 aromatic heterocycles. The fourth-order valence-electron chi connectivity index (χ4n) is 2.39. The Morgan fingerprint density at radius 3 is 2.71 bits per heavy atom. The first-order chi connectivity index (χ1) is 10.2. The van der Waals surface area contributed by atoms with Gasteiger partial charge in [-0.1, -0.05) is 20.3 Å². The zero-order chi connectivity index (χ0) is 15.1. The SMILES string of the molecule is CCCC(C)NCC(C)Sc1ccc2c(c1)OCCCO2. The van der Waals surface area contributed by atoms with Crippen LogP contribution in [0.4, 0.5) is 0 Å². The van der Waals surface area contributed by atoms with Crippen molar-refractivity contribution in [2.24, 2.45) is 0 Å². The monoisotopic (exact) mass is 309 g/mol. The van der Waals surface area contributed by atoms with Gasteiger partial charge in [-0.3, -0.25) is 0 Å². The molecule has 0 bridgehead atoms. The first-order valence-electron chi connectivity index (χ1n) is 7.98. The quantitative estimate of drug-likeness (QED) is 0.768. The summed E-state index contributed by atoms with van der Waals surface area (Å²) in [5.74, 6) is 1.76. The summed E-state index contributed by atoms with van der Waals surface area (Å²) < 4.78 is 11.4. The van der Waals surface area contributed by atoms with Crippen molar-refractivity contribution in [1.82, 2.24) is 5.32 Å². The van der Waals surface area contributed by atoms with Crippen LogP contribution < -0.4 is 14.8 Å². The summed E-state index contributed by atoms with van der Waals surface area (Å²) in [4.78, 5) is 1.25. The highest BCUT2D eigenvalue weighted by Gasteiger charge is 2.13. The molecule has 1 aliphatic rings. The summed E-state index contributed by atoms with van der Waals surface area (Å²) in [5, 5.41) is 4.14. The van der Waals surface area contributed by atoms with Crippen molar-refractivity contribution < 1.29 is 9.47 Å². The molecule has 1 aromatic rings. The van der Waals surface area contributed by atoms with Crippen LogP contribution in [0.15, 0.2) is 23.1 Å². The van der Waals surface area contributed by atoms with E-state index in [1.54, 1.807) is 0 Å². The lowest BCUT2D eigenvalue weighted by molar-refractivity contribution is 0.297. The second kappa shape index (κ2) is 8.54. The lowest BCUT2D eigenvalue weighted by Gasteiger charge is -2.17. The van der Waals surface area contributed by atoms with Crippen LogP contribution in [-0.4, -0.2) is 31.1 Å². The van der Waals surface area contributed by atoms with Gasteiger partial charge >= 0.3 is 0 Å². The zero-order valence-corrected chi connectivity index (χ0v) is 14.2. The molecule has 1 N–H and O–H groups in total. The van der Waals surface area contributed by atoms with Crippen molar-refractivity contribution in [3.63, 3.8) is 0 Å². The molecule has 4 heteroatoms. The molecule has 21 heavy (non-hydrogen) atoms. The number of thioether (sulfide) groups is 1. The minimum Gasteiger partial charge on any atom is -0.490 e. The number of benzene rings is 1. The van der Waals surface area contributed by atoms with Crippen molar-refractivity contribution in [1.29, 1.82) is 0 Å². The van der Waals surface area contributed by atoms with E-state index in [9.17, 15) is 0 Å². The minimum absolute atomic E-state index is 0.536. The van der Waals surface area contributed by atoms with Crippen LogP contribution in [0.3, 0.4) is 0 Å². The number of fused-ring (bicyclic) bond motifs is 1.